The highest BCUT2D eigenvalue weighted by atomic mass is 32.1. The summed E-state index contributed by atoms with van der Waals surface area (Å²) in [6.45, 7) is 6.82. The van der Waals surface area contributed by atoms with Gasteiger partial charge in [0, 0.05) is 20.2 Å². The van der Waals surface area contributed by atoms with Gasteiger partial charge in [0.15, 0.2) is 0 Å². The predicted molar refractivity (Wildman–Crippen MR) is 194 cm³/mol. The normalized spacial score (nSPS) is 15.1. The van der Waals surface area contributed by atoms with E-state index in [9.17, 15) is 0 Å². The average molecular weight is 594 g/mol. The topological polar surface area (TPSA) is 12.4 Å². The molecular weight excluding hydrogens is 563 g/mol. The summed E-state index contributed by atoms with van der Waals surface area (Å²) < 4.78 is 2.57. The van der Waals surface area contributed by atoms with Gasteiger partial charge in [-0.25, -0.2) is 0 Å². The highest BCUT2D eigenvalue weighted by Gasteiger charge is 2.28. The largest absolute Gasteiger partial charge is 0.272 e. The first-order valence-electron chi connectivity index (χ1n) is 15.4. The van der Waals surface area contributed by atoms with Crippen LogP contribution in [0.3, 0.4) is 0 Å². The fourth-order valence-electron chi connectivity index (χ4n) is 6.62. The molecule has 0 amide bonds. The smallest absolute Gasteiger partial charge is 0.101 e. The molecule has 1 aliphatic rings. The maximum Gasteiger partial charge on any atom is 0.101 e. The van der Waals surface area contributed by atoms with Crippen molar-refractivity contribution in [2.24, 2.45) is 4.99 Å². The molecule has 2 heteroatoms. The molecule has 1 nitrogen and oxygen atoms in total. The molecule has 0 fully saturated rings. The molecule has 2 heterocycles. The Labute approximate surface area is 268 Å². The van der Waals surface area contributed by atoms with Gasteiger partial charge in [0.2, 0.25) is 0 Å². The molecule has 0 N–H and O–H groups in total. The predicted octanol–water partition coefficient (Wildman–Crippen LogP) is 12.0. The number of dihydropyridines is 1. The van der Waals surface area contributed by atoms with Gasteiger partial charge in [0.25, 0.3) is 0 Å². The molecule has 0 saturated heterocycles. The van der Waals surface area contributed by atoms with Crippen LogP contribution in [0.25, 0.3) is 48.0 Å². The highest BCUT2D eigenvalue weighted by Crippen LogP contribution is 2.44. The quantitative estimate of drug-likeness (QED) is 0.188. The number of thiophene rings is 1. The van der Waals surface area contributed by atoms with E-state index >= 15 is 0 Å². The minimum Gasteiger partial charge on any atom is -0.272 e. The Hall–Kier alpha value is -5.31. The molecule has 1 atom stereocenters. The summed E-state index contributed by atoms with van der Waals surface area (Å²) in [7, 11) is 0. The molecular formula is C43H31NS. The number of rotatable bonds is 5. The van der Waals surface area contributed by atoms with Crippen molar-refractivity contribution in [3.8, 4) is 22.3 Å². The van der Waals surface area contributed by atoms with Crippen molar-refractivity contribution < 1.29 is 0 Å². The van der Waals surface area contributed by atoms with Crippen LogP contribution in [0, 0.1) is 0 Å². The maximum absolute atomic E-state index is 5.37. The number of hydrogen-bond acceptors (Lipinski definition) is 2. The van der Waals surface area contributed by atoms with Crippen molar-refractivity contribution in [3.05, 3.63) is 186 Å². The Kier molecular flexibility index (Phi) is 6.85. The second-order valence-electron chi connectivity index (χ2n) is 11.7. The minimum atomic E-state index is -0.162. The number of fused-ring (bicyclic) bond motifs is 3. The Balaban J connectivity index is 1.20. The summed E-state index contributed by atoms with van der Waals surface area (Å²) in [4.78, 5) is 5.37. The molecule has 0 bridgehead atoms. The summed E-state index contributed by atoms with van der Waals surface area (Å²) >= 11 is 1.86. The van der Waals surface area contributed by atoms with Gasteiger partial charge in [-0.05, 0) is 80.8 Å². The van der Waals surface area contributed by atoms with Gasteiger partial charge >= 0.3 is 0 Å². The van der Waals surface area contributed by atoms with Crippen molar-refractivity contribution in [3.63, 3.8) is 0 Å². The first-order valence-corrected chi connectivity index (χ1v) is 16.2. The van der Waals surface area contributed by atoms with Crippen LogP contribution in [-0.2, 0) is 0 Å². The zero-order valence-electron chi connectivity index (χ0n) is 25.1. The molecule has 0 aliphatic carbocycles. The Morgan fingerprint density at radius 3 is 1.73 bits per heavy atom. The van der Waals surface area contributed by atoms with E-state index in [1.165, 1.54) is 64.7 Å². The van der Waals surface area contributed by atoms with Gasteiger partial charge in [-0.2, -0.15) is 0 Å². The lowest BCUT2D eigenvalue weighted by molar-refractivity contribution is 0.872. The molecule has 8 rings (SSSR count). The number of benzene rings is 6. The van der Waals surface area contributed by atoms with Gasteiger partial charge in [0.05, 0.1) is 5.71 Å². The second-order valence-corrected chi connectivity index (χ2v) is 12.7. The molecule has 1 aliphatic heterocycles. The van der Waals surface area contributed by atoms with Crippen molar-refractivity contribution in [1.82, 2.24) is 0 Å². The lowest BCUT2D eigenvalue weighted by Crippen LogP contribution is -2.16. The van der Waals surface area contributed by atoms with Crippen LogP contribution in [0.1, 0.15) is 29.7 Å². The molecule has 1 unspecified atom stereocenters. The average Bonchev–Trinajstić information content (AvgIpc) is 3.47. The van der Waals surface area contributed by atoms with Crippen molar-refractivity contribution in [2.45, 2.75) is 13.0 Å². The molecule has 214 valence electrons. The van der Waals surface area contributed by atoms with E-state index < -0.39 is 0 Å². The Bertz CT molecular complexity index is 2270. The van der Waals surface area contributed by atoms with Gasteiger partial charge in [0.1, 0.15) is 6.04 Å². The zero-order valence-corrected chi connectivity index (χ0v) is 25.9. The third kappa shape index (κ3) is 4.94. The SMILES string of the molecule is C=C1C(c2ccccc2)=C(C)C(c2ccccc2)=NC1c1ccc2c(c1)sc1cc(-c3cccc(-c4ccccc4)c3)ccc12. The third-order valence-corrected chi connectivity index (χ3v) is 9.98. The first-order chi connectivity index (χ1) is 22.1. The van der Waals surface area contributed by atoms with E-state index in [1.54, 1.807) is 0 Å². The van der Waals surface area contributed by atoms with E-state index in [-0.39, 0.29) is 6.04 Å². The third-order valence-electron chi connectivity index (χ3n) is 8.87. The molecule has 1 aromatic heterocycles. The minimum absolute atomic E-state index is 0.162. The van der Waals surface area contributed by atoms with Gasteiger partial charge in [-0.15, -0.1) is 11.3 Å². The second kappa shape index (κ2) is 11.3. The van der Waals surface area contributed by atoms with E-state index in [4.69, 9.17) is 4.99 Å². The fraction of sp³-hybridized carbons (Fsp3) is 0.0465. The lowest BCUT2D eigenvalue weighted by Gasteiger charge is -2.28. The van der Waals surface area contributed by atoms with Crippen LogP contribution in [0.4, 0.5) is 0 Å². The summed E-state index contributed by atoms with van der Waals surface area (Å²) in [5, 5.41) is 2.58. The molecule has 6 aromatic carbocycles. The van der Waals surface area contributed by atoms with E-state index in [2.05, 4.69) is 165 Å². The Morgan fingerprint density at radius 2 is 1.04 bits per heavy atom. The molecule has 0 saturated carbocycles. The van der Waals surface area contributed by atoms with Crippen molar-refractivity contribution in [1.29, 1.82) is 0 Å². The van der Waals surface area contributed by atoms with Crippen LogP contribution in [-0.4, -0.2) is 5.71 Å². The first kappa shape index (κ1) is 27.3. The van der Waals surface area contributed by atoms with Crippen molar-refractivity contribution in [2.75, 3.05) is 0 Å². The summed E-state index contributed by atoms with van der Waals surface area (Å²) in [5.41, 5.74) is 12.8. The van der Waals surface area contributed by atoms with Gasteiger partial charge in [-0.1, -0.05) is 140 Å². The summed E-state index contributed by atoms with van der Waals surface area (Å²) in [6.07, 6.45) is 0. The number of allylic oxidation sites excluding steroid dienone is 1. The molecule has 0 spiro atoms. The lowest BCUT2D eigenvalue weighted by atomic mass is 9.82. The van der Waals surface area contributed by atoms with E-state index in [0.29, 0.717) is 0 Å². The molecule has 7 aromatic rings. The summed E-state index contributed by atoms with van der Waals surface area (Å²) in [6, 6.07) is 54.1. The zero-order chi connectivity index (χ0) is 30.3. The van der Waals surface area contributed by atoms with Gasteiger partial charge < -0.3 is 0 Å². The van der Waals surface area contributed by atoms with E-state index in [0.717, 1.165) is 16.8 Å². The number of aliphatic imine (C=N–C) groups is 1. The number of hydrogen-bond donors (Lipinski definition) is 0. The highest BCUT2D eigenvalue weighted by molar-refractivity contribution is 7.25. The standard InChI is InChI=1S/C43H31NS/c1-28-41(31-15-8-4-9-16-31)29(2)43(44-42(28)32-17-10-5-11-18-32)36-22-24-38-37-23-21-35(26-39(37)45-40(38)27-36)34-20-12-19-33(25-34)30-13-6-3-7-14-30/h3-27,43H,2H2,1H3. The van der Waals surface area contributed by atoms with Crippen LogP contribution in [0.2, 0.25) is 0 Å². The van der Waals surface area contributed by atoms with Crippen LogP contribution in [0.15, 0.2) is 174 Å². The number of nitrogens with zero attached hydrogens (tertiary/aromatic N) is 1. The van der Waals surface area contributed by atoms with Crippen molar-refractivity contribution >= 4 is 42.8 Å². The van der Waals surface area contributed by atoms with Crippen LogP contribution in [0.5, 0.6) is 0 Å². The van der Waals surface area contributed by atoms with E-state index in [1.807, 2.05) is 11.3 Å². The maximum atomic E-state index is 5.37. The Morgan fingerprint density at radius 1 is 0.511 bits per heavy atom. The van der Waals surface area contributed by atoms with Gasteiger partial charge in [-0.3, -0.25) is 4.99 Å². The fourth-order valence-corrected chi connectivity index (χ4v) is 7.82. The molecule has 45 heavy (non-hydrogen) atoms. The molecule has 0 radical (unpaired) electrons. The van der Waals surface area contributed by atoms with Crippen LogP contribution < -0.4 is 0 Å². The monoisotopic (exact) mass is 593 g/mol. The summed E-state index contributed by atoms with van der Waals surface area (Å²) in [5.74, 6) is 0. The van der Waals surface area contributed by atoms with Crippen LogP contribution >= 0.6 is 11.3 Å².